The third kappa shape index (κ3) is 0.863. The molecule has 0 fully saturated rings. The monoisotopic (exact) mass is 164 g/mol. The number of ether oxygens (including phenoxy) is 1. The maximum absolute atomic E-state index is 11.0. The highest BCUT2D eigenvalue weighted by Crippen LogP contribution is 2.36. The molecular formula is C9H8O3. The molecule has 0 amide bonds. The summed E-state index contributed by atoms with van der Waals surface area (Å²) in [6, 6.07) is 4.67. The van der Waals surface area contributed by atoms with Gasteiger partial charge >= 0.3 is 5.97 Å². The molecule has 1 heterocycles. The van der Waals surface area contributed by atoms with Crippen LogP contribution in [0.4, 0.5) is 0 Å². The first-order valence-corrected chi connectivity index (χ1v) is 3.73. The lowest BCUT2D eigenvalue weighted by Crippen LogP contribution is -2.05. The zero-order chi connectivity index (χ0) is 8.72. The molecule has 0 aliphatic carbocycles. The van der Waals surface area contributed by atoms with Crippen LogP contribution in [0.15, 0.2) is 18.2 Å². The summed E-state index contributed by atoms with van der Waals surface area (Å²) < 4.78 is 4.92. The van der Waals surface area contributed by atoms with E-state index in [-0.39, 0.29) is 17.6 Å². The van der Waals surface area contributed by atoms with Crippen LogP contribution in [0, 0.1) is 0 Å². The molecule has 0 spiro atoms. The van der Waals surface area contributed by atoms with Gasteiger partial charge in [0.05, 0.1) is 5.92 Å². The lowest BCUT2D eigenvalue weighted by Gasteiger charge is -1.98. The molecule has 0 saturated heterocycles. The van der Waals surface area contributed by atoms with Crippen LogP contribution >= 0.6 is 0 Å². The number of fused-ring (bicyclic) bond motifs is 1. The van der Waals surface area contributed by atoms with Crippen molar-refractivity contribution in [2.24, 2.45) is 0 Å². The molecule has 3 nitrogen and oxygen atoms in total. The number of esters is 1. The molecule has 62 valence electrons. The van der Waals surface area contributed by atoms with Gasteiger partial charge in [0, 0.05) is 5.56 Å². The molecule has 2 rings (SSSR count). The van der Waals surface area contributed by atoms with E-state index in [0.717, 1.165) is 5.56 Å². The molecule has 0 aromatic heterocycles. The summed E-state index contributed by atoms with van der Waals surface area (Å²) in [5.74, 6) is 0.215. The summed E-state index contributed by atoms with van der Waals surface area (Å²) >= 11 is 0. The van der Waals surface area contributed by atoms with Gasteiger partial charge < -0.3 is 9.84 Å². The number of hydrogen-bond donors (Lipinski definition) is 1. The summed E-state index contributed by atoms with van der Waals surface area (Å²) in [6.45, 7) is 1.76. The van der Waals surface area contributed by atoms with Crippen LogP contribution in [0.5, 0.6) is 11.5 Å². The molecule has 0 saturated carbocycles. The minimum Gasteiger partial charge on any atom is -0.508 e. The molecule has 1 atom stereocenters. The highest BCUT2D eigenvalue weighted by atomic mass is 16.5. The average Bonchev–Trinajstić information content (AvgIpc) is 2.31. The van der Waals surface area contributed by atoms with Crippen molar-refractivity contribution in [1.29, 1.82) is 0 Å². The van der Waals surface area contributed by atoms with Crippen LogP contribution in [0.2, 0.25) is 0 Å². The second-order valence-electron chi connectivity index (χ2n) is 2.86. The van der Waals surface area contributed by atoms with Gasteiger partial charge in [0.1, 0.15) is 11.5 Å². The third-order valence-electron chi connectivity index (χ3n) is 2.02. The summed E-state index contributed by atoms with van der Waals surface area (Å²) in [4.78, 5) is 11.0. The highest BCUT2D eigenvalue weighted by Gasteiger charge is 2.29. The van der Waals surface area contributed by atoms with Gasteiger partial charge in [0.2, 0.25) is 0 Å². The fourth-order valence-electron chi connectivity index (χ4n) is 1.29. The van der Waals surface area contributed by atoms with Crippen molar-refractivity contribution in [3.05, 3.63) is 23.8 Å². The highest BCUT2D eigenvalue weighted by molar-refractivity contribution is 5.85. The predicted octanol–water partition coefficient (Wildman–Crippen LogP) is 1.41. The fourth-order valence-corrected chi connectivity index (χ4v) is 1.29. The Balaban J connectivity index is 2.55. The van der Waals surface area contributed by atoms with E-state index in [1.807, 2.05) is 0 Å². The molecule has 12 heavy (non-hydrogen) atoms. The van der Waals surface area contributed by atoms with Gasteiger partial charge in [0.25, 0.3) is 0 Å². The SMILES string of the molecule is C[C@H]1C(=O)Oc2ccc(O)cc21. The number of hydrogen-bond acceptors (Lipinski definition) is 3. The van der Waals surface area contributed by atoms with Crippen molar-refractivity contribution in [1.82, 2.24) is 0 Å². The number of aromatic hydroxyl groups is 1. The molecule has 1 aliphatic rings. The molecule has 1 N–H and O–H groups in total. The summed E-state index contributed by atoms with van der Waals surface area (Å²) in [5, 5.41) is 9.13. The number of phenolic OH excluding ortho intramolecular Hbond substituents is 1. The number of carbonyl (C=O) groups excluding carboxylic acids is 1. The third-order valence-corrected chi connectivity index (χ3v) is 2.02. The summed E-state index contributed by atoms with van der Waals surface area (Å²) in [6.07, 6.45) is 0. The number of carbonyl (C=O) groups is 1. The first-order valence-electron chi connectivity index (χ1n) is 3.73. The number of phenols is 1. The topological polar surface area (TPSA) is 46.5 Å². The van der Waals surface area contributed by atoms with Crippen LogP contribution < -0.4 is 4.74 Å². The molecule has 3 heteroatoms. The first kappa shape index (κ1) is 7.16. The quantitative estimate of drug-likeness (QED) is 0.466. The lowest BCUT2D eigenvalue weighted by atomic mass is 10.0. The average molecular weight is 164 g/mol. The Morgan fingerprint density at radius 3 is 3.00 bits per heavy atom. The van der Waals surface area contributed by atoms with Gasteiger partial charge in [0.15, 0.2) is 0 Å². The van der Waals surface area contributed by atoms with E-state index < -0.39 is 0 Å². The molecule has 0 radical (unpaired) electrons. The van der Waals surface area contributed by atoms with E-state index in [0.29, 0.717) is 5.75 Å². The Kier molecular flexibility index (Phi) is 1.33. The summed E-state index contributed by atoms with van der Waals surface area (Å²) in [5.41, 5.74) is 0.764. The van der Waals surface area contributed by atoms with E-state index in [4.69, 9.17) is 9.84 Å². The van der Waals surface area contributed by atoms with Crippen molar-refractivity contribution in [2.45, 2.75) is 12.8 Å². The second kappa shape index (κ2) is 2.24. The van der Waals surface area contributed by atoms with Crippen molar-refractivity contribution in [2.75, 3.05) is 0 Å². The lowest BCUT2D eigenvalue weighted by molar-refractivity contribution is -0.133. The van der Waals surface area contributed by atoms with Crippen molar-refractivity contribution < 1.29 is 14.6 Å². The Bertz CT molecular complexity index is 344. The number of benzene rings is 1. The zero-order valence-corrected chi connectivity index (χ0v) is 6.57. The molecule has 1 aromatic rings. The van der Waals surface area contributed by atoms with Crippen LogP contribution in [0.1, 0.15) is 18.4 Å². The van der Waals surface area contributed by atoms with E-state index in [1.54, 1.807) is 19.1 Å². The van der Waals surface area contributed by atoms with E-state index in [2.05, 4.69) is 0 Å². The summed E-state index contributed by atoms with van der Waals surface area (Å²) in [7, 11) is 0. The Hall–Kier alpha value is -1.51. The van der Waals surface area contributed by atoms with Gasteiger partial charge in [-0.1, -0.05) is 0 Å². The van der Waals surface area contributed by atoms with Gasteiger partial charge in [-0.15, -0.1) is 0 Å². The van der Waals surface area contributed by atoms with E-state index in [9.17, 15) is 4.79 Å². The van der Waals surface area contributed by atoms with E-state index >= 15 is 0 Å². The smallest absolute Gasteiger partial charge is 0.318 e. The Labute approximate surface area is 69.6 Å². The van der Waals surface area contributed by atoms with Gasteiger partial charge in [-0.2, -0.15) is 0 Å². The second-order valence-corrected chi connectivity index (χ2v) is 2.86. The van der Waals surface area contributed by atoms with Crippen molar-refractivity contribution in [3.8, 4) is 11.5 Å². The van der Waals surface area contributed by atoms with Crippen molar-refractivity contribution in [3.63, 3.8) is 0 Å². The maximum atomic E-state index is 11.0. The van der Waals surface area contributed by atoms with E-state index in [1.165, 1.54) is 6.07 Å². The first-order chi connectivity index (χ1) is 5.68. The standard InChI is InChI=1S/C9H8O3/c1-5-7-4-6(10)2-3-8(7)12-9(5)11/h2-5,10H,1H3/t5-/m1/s1. The Morgan fingerprint density at radius 2 is 2.25 bits per heavy atom. The fraction of sp³-hybridized carbons (Fsp3) is 0.222. The van der Waals surface area contributed by atoms with Crippen molar-refractivity contribution >= 4 is 5.97 Å². The maximum Gasteiger partial charge on any atom is 0.318 e. The van der Waals surface area contributed by atoms with Gasteiger partial charge in [-0.25, -0.2) is 0 Å². The molecule has 0 bridgehead atoms. The van der Waals surface area contributed by atoms with Crippen LogP contribution in [0.3, 0.4) is 0 Å². The van der Waals surface area contributed by atoms with Crippen LogP contribution in [0.25, 0.3) is 0 Å². The molecule has 1 aliphatic heterocycles. The molecule has 1 aromatic carbocycles. The predicted molar refractivity (Wildman–Crippen MR) is 42.2 cm³/mol. The van der Waals surface area contributed by atoms with Gasteiger partial charge in [-0.05, 0) is 25.1 Å². The minimum absolute atomic E-state index is 0.166. The number of rotatable bonds is 0. The zero-order valence-electron chi connectivity index (χ0n) is 6.57. The molecule has 0 unspecified atom stereocenters. The van der Waals surface area contributed by atoms with Gasteiger partial charge in [-0.3, -0.25) is 4.79 Å². The van der Waals surface area contributed by atoms with Crippen LogP contribution in [-0.4, -0.2) is 11.1 Å². The normalized spacial score (nSPS) is 20.4. The minimum atomic E-state index is -0.257. The van der Waals surface area contributed by atoms with Crippen LogP contribution in [-0.2, 0) is 4.79 Å². The largest absolute Gasteiger partial charge is 0.508 e. The molecular weight excluding hydrogens is 156 g/mol. The Morgan fingerprint density at radius 1 is 1.50 bits per heavy atom.